The molecule has 7 heteroatoms. The lowest BCUT2D eigenvalue weighted by molar-refractivity contribution is -0.122. The Hall–Kier alpha value is -2.96. The SMILES string of the molecule is Cn1nc(C(=O)NNC(=O)CC2C=CCC2)c2ccccc2c1=O. The number of rotatable bonds is 3. The Balaban J connectivity index is 1.74. The molecule has 3 rings (SSSR count). The highest BCUT2D eigenvalue weighted by molar-refractivity contribution is 6.05. The van der Waals surface area contributed by atoms with E-state index in [9.17, 15) is 14.4 Å². The van der Waals surface area contributed by atoms with Crippen molar-refractivity contribution in [3.63, 3.8) is 0 Å². The number of aryl methyl sites for hydroxylation is 1. The number of carbonyl (C=O) groups excluding carboxylic acids is 2. The van der Waals surface area contributed by atoms with Crippen molar-refractivity contribution in [2.24, 2.45) is 13.0 Å². The first-order valence-corrected chi connectivity index (χ1v) is 7.78. The minimum absolute atomic E-state index is 0.0914. The van der Waals surface area contributed by atoms with Crippen LogP contribution < -0.4 is 16.4 Å². The van der Waals surface area contributed by atoms with Crippen LogP contribution >= 0.6 is 0 Å². The summed E-state index contributed by atoms with van der Waals surface area (Å²) in [5.74, 6) is -0.593. The van der Waals surface area contributed by atoms with Crippen LogP contribution in [0.25, 0.3) is 10.8 Å². The van der Waals surface area contributed by atoms with E-state index >= 15 is 0 Å². The quantitative estimate of drug-likeness (QED) is 0.651. The molecule has 0 saturated heterocycles. The largest absolute Gasteiger partial charge is 0.290 e. The first-order valence-electron chi connectivity index (χ1n) is 7.78. The van der Waals surface area contributed by atoms with Gasteiger partial charge in [0.1, 0.15) is 0 Å². The van der Waals surface area contributed by atoms with Crippen LogP contribution in [-0.4, -0.2) is 21.6 Å². The molecule has 0 aliphatic heterocycles. The second kappa shape index (κ2) is 6.66. The molecule has 0 saturated carbocycles. The smallest absolute Gasteiger partial charge is 0.273 e. The van der Waals surface area contributed by atoms with Crippen molar-refractivity contribution in [2.75, 3.05) is 0 Å². The molecule has 1 heterocycles. The zero-order valence-electron chi connectivity index (χ0n) is 13.3. The molecule has 0 fully saturated rings. The maximum atomic E-state index is 12.3. The summed E-state index contributed by atoms with van der Waals surface area (Å²) in [7, 11) is 1.48. The van der Waals surface area contributed by atoms with Crippen molar-refractivity contribution < 1.29 is 9.59 Å². The van der Waals surface area contributed by atoms with Gasteiger partial charge < -0.3 is 0 Å². The van der Waals surface area contributed by atoms with Gasteiger partial charge in [0.05, 0.1) is 5.39 Å². The summed E-state index contributed by atoms with van der Waals surface area (Å²) in [6.07, 6.45) is 6.34. The van der Waals surface area contributed by atoms with Crippen LogP contribution in [0.1, 0.15) is 29.8 Å². The summed E-state index contributed by atoms with van der Waals surface area (Å²) >= 11 is 0. The number of amides is 2. The van der Waals surface area contributed by atoms with E-state index in [1.165, 1.54) is 7.05 Å². The number of fused-ring (bicyclic) bond motifs is 1. The van der Waals surface area contributed by atoms with Crippen LogP contribution in [0.3, 0.4) is 0 Å². The van der Waals surface area contributed by atoms with Gasteiger partial charge in [-0.05, 0) is 24.8 Å². The third-order valence-corrected chi connectivity index (χ3v) is 4.05. The average Bonchev–Trinajstić information content (AvgIpc) is 3.09. The number of hydrogen-bond donors (Lipinski definition) is 2. The monoisotopic (exact) mass is 326 g/mol. The van der Waals surface area contributed by atoms with E-state index in [1.54, 1.807) is 24.3 Å². The lowest BCUT2D eigenvalue weighted by atomic mass is 10.1. The van der Waals surface area contributed by atoms with E-state index in [4.69, 9.17) is 0 Å². The minimum atomic E-state index is -0.558. The molecule has 2 aromatic rings. The number of aromatic nitrogens is 2. The molecule has 1 aliphatic carbocycles. The van der Waals surface area contributed by atoms with Gasteiger partial charge in [0, 0.05) is 18.9 Å². The normalized spacial score (nSPS) is 16.3. The molecule has 2 amide bonds. The first kappa shape index (κ1) is 15.9. The second-order valence-corrected chi connectivity index (χ2v) is 5.79. The Bertz CT molecular complexity index is 885. The molecule has 24 heavy (non-hydrogen) atoms. The minimum Gasteiger partial charge on any atom is -0.273 e. The summed E-state index contributed by atoms with van der Waals surface area (Å²) < 4.78 is 1.11. The van der Waals surface area contributed by atoms with Gasteiger partial charge in [0.2, 0.25) is 5.91 Å². The van der Waals surface area contributed by atoms with Gasteiger partial charge in [-0.3, -0.25) is 25.2 Å². The van der Waals surface area contributed by atoms with E-state index in [1.807, 2.05) is 6.08 Å². The van der Waals surface area contributed by atoms with Gasteiger partial charge in [-0.25, -0.2) is 4.68 Å². The molecular formula is C17H18N4O3. The standard InChI is InChI=1S/C17H18N4O3/c1-21-17(24)13-9-5-4-8-12(13)15(20-21)16(23)19-18-14(22)10-11-6-2-3-7-11/h2,4-6,8-9,11H,3,7,10H2,1H3,(H,18,22)(H,19,23). The molecule has 1 atom stereocenters. The molecule has 0 spiro atoms. The second-order valence-electron chi connectivity index (χ2n) is 5.79. The topological polar surface area (TPSA) is 93.1 Å². The summed E-state index contributed by atoms with van der Waals surface area (Å²) in [5, 5.41) is 4.87. The van der Waals surface area contributed by atoms with Crippen LogP contribution in [0, 0.1) is 5.92 Å². The number of benzene rings is 1. The Morgan fingerprint density at radius 3 is 2.71 bits per heavy atom. The van der Waals surface area contributed by atoms with Gasteiger partial charge in [-0.2, -0.15) is 5.10 Å². The lowest BCUT2D eigenvalue weighted by Gasteiger charge is -2.11. The van der Waals surface area contributed by atoms with Crippen LogP contribution in [0.4, 0.5) is 0 Å². The Morgan fingerprint density at radius 1 is 1.25 bits per heavy atom. The molecule has 1 aliphatic rings. The van der Waals surface area contributed by atoms with E-state index in [2.05, 4.69) is 22.0 Å². The first-order chi connectivity index (χ1) is 11.6. The molecule has 7 nitrogen and oxygen atoms in total. The summed E-state index contributed by atoms with van der Waals surface area (Å²) in [4.78, 5) is 36.3. The van der Waals surface area contributed by atoms with Crippen LogP contribution in [0.5, 0.6) is 0 Å². The number of nitrogens with zero attached hydrogens (tertiary/aromatic N) is 2. The average molecular weight is 326 g/mol. The third-order valence-electron chi connectivity index (χ3n) is 4.05. The van der Waals surface area contributed by atoms with Crippen molar-refractivity contribution in [1.82, 2.24) is 20.6 Å². The zero-order chi connectivity index (χ0) is 17.1. The van der Waals surface area contributed by atoms with E-state index < -0.39 is 5.91 Å². The Kier molecular flexibility index (Phi) is 4.41. The van der Waals surface area contributed by atoms with Crippen LogP contribution in [0.2, 0.25) is 0 Å². The molecule has 0 radical (unpaired) electrons. The number of allylic oxidation sites excluding steroid dienone is 2. The maximum absolute atomic E-state index is 12.3. The molecule has 1 aromatic carbocycles. The number of hydrazine groups is 1. The molecule has 124 valence electrons. The fraction of sp³-hybridized carbons (Fsp3) is 0.294. The highest BCUT2D eigenvalue weighted by Crippen LogP contribution is 2.19. The van der Waals surface area contributed by atoms with Crippen LogP contribution in [-0.2, 0) is 11.8 Å². The zero-order valence-corrected chi connectivity index (χ0v) is 13.3. The van der Waals surface area contributed by atoms with Gasteiger partial charge >= 0.3 is 0 Å². The molecule has 1 aromatic heterocycles. The van der Waals surface area contributed by atoms with E-state index in [-0.39, 0.29) is 23.1 Å². The van der Waals surface area contributed by atoms with Crippen molar-refractivity contribution in [2.45, 2.75) is 19.3 Å². The van der Waals surface area contributed by atoms with Crippen LogP contribution in [0.15, 0.2) is 41.2 Å². The van der Waals surface area contributed by atoms with Gasteiger partial charge in [-0.1, -0.05) is 30.4 Å². The molecule has 2 N–H and O–H groups in total. The molecule has 0 bridgehead atoms. The van der Waals surface area contributed by atoms with Crippen molar-refractivity contribution in [1.29, 1.82) is 0 Å². The number of nitrogens with one attached hydrogen (secondary N) is 2. The lowest BCUT2D eigenvalue weighted by Crippen LogP contribution is -2.43. The highest BCUT2D eigenvalue weighted by atomic mass is 16.2. The number of carbonyl (C=O) groups is 2. The third kappa shape index (κ3) is 3.19. The Morgan fingerprint density at radius 2 is 2.00 bits per heavy atom. The van der Waals surface area contributed by atoms with Crippen molar-refractivity contribution in [3.8, 4) is 0 Å². The van der Waals surface area contributed by atoms with Gasteiger partial charge in [-0.15, -0.1) is 0 Å². The maximum Gasteiger partial charge on any atom is 0.290 e. The predicted molar refractivity (Wildman–Crippen MR) is 89.1 cm³/mol. The predicted octanol–water partition coefficient (Wildman–Crippen LogP) is 1.05. The van der Waals surface area contributed by atoms with Gasteiger partial charge in [0.15, 0.2) is 5.69 Å². The molecule has 1 unspecified atom stereocenters. The van der Waals surface area contributed by atoms with E-state index in [0.29, 0.717) is 17.2 Å². The van der Waals surface area contributed by atoms with Crippen molar-refractivity contribution in [3.05, 3.63) is 52.5 Å². The van der Waals surface area contributed by atoms with Crippen molar-refractivity contribution >= 4 is 22.6 Å². The summed E-state index contributed by atoms with van der Waals surface area (Å²) in [6, 6.07) is 6.75. The highest BCUT2D eigenvalue weighted by Gasteiger charge is 2.18. The molecular weight excluding hydrogens is 308 g/mol. The Labute approximate surface area is 138 Å². The fourth-order valence-electron chi connectivity index (χ4n) is 2.81. The fourth-order valence-corrected chi connectivity index (χ4v) is 2.81. The summed E-state index contributed by atoms with van der Waals surface area (Å²) in [6.45, 7) is 0. The van der Waals surface area contributed by atoms with E-state index in [0.717, 1.165) is 17.5 Å². The summed E-state index contributed by atoms with van der Waals surface area (Å²) in [5.41, 5.74) is 4.59. The van der Waals surface area contributed by atoms with Gasteiger partial charge in [0.25, 0.3) is 11.5 Å². The number of hydrogen-bond acceptors (Lipinski definition) is 4.